The van der Waals surface area contributed by atoms with Gasteiger partial charge in [0, 0.05) is 29.9 Å². The Balaban J connectivity index is 1.76. The summed E-state index contributed by atoms with van der Waals surface area (Å²) in [6.07, 6.45) is 2.34. The number of likely N-dealkylation sites (N-methyl/N-ethyl adjacent to an activating group) is 1. The number of amides is 1. The molecule has 0 atom stereocenters. The van der Waals surface area contributed by atoms with Crippen LogP contribution in [-0.2, 0) is 10.2 Å². The Morgan fingerprint density at radius 2 is 2.28 bits per heavy atom. The predicted octanol–water partition coefficient (Wildman–Crippen LogP) is 2.24. The van der Waals surface area contributed by atoms with Crippen molar-refractivity contribution in [3.63, 3.8) is 0 Å². The first-order chi connectivity index (χ1) is 8.50. The number of rotatable bonds is 6. The topological polar surface area (TPSA) is 32.3 Å². The SMILES string of the molecule is CN(C(=O)CNCC(C)(C)c1cccs1)C1CC1. The first-order valence-corrected chi connectivity index (χ1v) is 7.39. The molecule has 4 heteroatoms. The van der Waals surface area contributed by atoms with Gasteiger partial charge in [-0.1, -0.05) is 19.9 Å². The minimum atomic E-state index is 0.0899. The first-order valence-electron chi connectivity index (χ1n) is 6.51. The Labute approximate surface area is 113 Å². The van der Waals surface area contributed by atoms with Gasteiger partial charge in [0.2, 0.25) is 5.91 Å². The van der Waals surface area contributed by atoms with E-state index in [0.717, 1.165) is 6.54 Å². The average molecular weight is 266 g/mol. The first kappa shape index (κ1) is 13.6. The van der Waals surface area contributed by atoms with E-state index in [0.29, 0.717) is 12.6 Å². The lowest BCUT2D eigenvalue weighted by Gasteiger charge is -2.24. The molecule has 1 heterocycles. The van der Waals surface area contributed by atoms with Gasteiger partial charge in [-0.15, -0.1) is 11.3 Å². The summed E-state index contributed by atoms with van der Waals surface area (Å²) in [4.78, 5) is 15.1. The number of carbonyl (C=O) groups excluding carboxylic acids is 1. The second-order valence-corrected chi connectivity index (χ2v) is 6.65. The number of thiophene rings is 1. The molecular weight excluding hydrogens is 244 g/mol. The lowest BCUT2D eigenvalue weighted by molar-refractivity contribution is -0.129. The maximum atomic E-state index is 11.9. The van der Waals surface area contributed by atoms with Crippen LogP contribution in [0.15, 0.2) is 17.5 Å². The van der Waals surface area contributed by atoms with E-state index in [-0.39, 0.29) is 11.3 Å². The highest BCUT2D eigenvalue weighted by Gasteiger charge is 2.29. The fraction of sp³-hybridized carbons (Fsp3) is 0.643. The molecule has 1 saturated carbocycles. The van der Waals surface area contributed by atoms with Crippen molar-refractivity contribution in [2.24, 2.45) is 0 Å². The van der Waals surface area contributed by atoms with E-state index in [1.165, 1.54) is 17.7 Å². The maximum Gasteiger partial charge on any atom is 0.236 e. The van der Waals surface area contributed by atoms with Gasteiger partial charge < -0.3 is 10.2 Å². The summed E-state index contributed by atoms with van der Waals surface area (Å²) in [7, 11) is 1.91. The Morgan fingerprint density at radius 3 is 2.83 bits per heavy atom. The summed E-state index contributed by atoms with van der Waals surface area (Å²) in [6, 6.07) is 4.74. The largest absolute Gasteiger partial charge is 0.342 e. The molecule has 0 unspecified atom stereocenters. The zero-order chi connectivity index (χ0) is 13.2. The smallest absolute Gasteiger partial charge is 0.236 e. The Hall–Kier alpha value is -0.870. The van der Waals surface area contributed by atoms with Crippen molar-refractivity contribution in [3.05, 3.63) is 22.4 Å². The number of hydrogen-bond acceptors (Lipinski definition) is 3. The van der Waals surface area contributed by atoms with E-state index in [2.05, 4.69) is 36.7 Å². The highest BCUT2D eigenvalue weighted by molar-refractivity contribution is 7.10. The van der Waals surface area contributed by atoms with E-state index < -0.39 is 0 Å². The Morgan fingerprint density at radius 1 is 1.56 bits per heavy atom. The number of carbonyl (C=O) groups is 1. The van der Waals surface area contributed by atoms with Gasteiger partial charge in [-0.05, 0) is 24.3 Å². The molecule has 0 saturated heterocycles. The Bertz CT molecular complexity index is 396. The van der Waals surface area contributed by atoms with Crippen LogP contribution in [0.25, 0.3) is 0 Å². The van der Waals surface area contributed by atoms with E-state index in [4.69, 9.17) is 0 Å². The van der Waals surface area contributed by atoms with Gasteiger partial charge in [-0.25, -0.2) is 0 Å². The van der Waals surface area contributed by atoms with Crippen LogP contribution < -0.4 is 5.32 Å². The van der Waals surface area contributed by atoms with Crippen molar-refractivity contribution < 1.29 is 4.79 Å². The molecule has 3 nitrogen and oxygen atoms in total. The fourth-order valence-corrected chi connectivity index (χ4v) is 2.87. The van der Waals surface area contributed by atoms with Crippen LogP contribution in [0, 0.1) is 0 Å². The Kier molecular flexibility index (Phi) is 4.07. The fourth-order valence-electron chi connectivity index (χ4n) is 2.02. The zero-order valence-electron chi connectivity index (χ0n) is 11.4. The van der Waals surface area contributed by atoms with Gasteiger partial charge in [0.1, 0.15) is 0 Å². The molecule has 1 aromatic heterocycles. The molecule has 1 aliphatic carbocycles. The molecule has 100 valence electrons. The summed E-state index contributed by atoms with van der Waals surface area (Å²) in [5.41, 5.74) is 0.0899. The second-order valence-electron chi connectivity index (χ2n) is 5.70. The van der Waals surface area contributed by atoms with Crippen LogP contribution in [0.2, 0.25) is 0 Å². The average Bonchev–Trinajstić information content (AvgIpc) is 3.01. The van der Waals surface area contributed by atoms with Gasteiger partial charge >= 0.3 is 0 Å². The molecule has 0 aromatic carbocycles. The summed E-state index contributed by atoms with van der Waals surface area (Å²) >= 11 is 1.77. The van der Waals surface area contributed by atoms with Crippen molar-refractivity contribution in [2.45, 2.75) is 38.1 Å². The molecule has 1 aromatic rings. The minimum Gasteiger partial charge on any atom is -0.342 e. The lowest BCUT2D eigenvalue weighted by Crippen LogP contribution is -2.41. The van der Waals surface area contributed by atoms with Crippen LogP contribution in [0.1, 0.15) is 31.6 Å². The summed E-state index contributed by atoms with van der Waals surface area (Å²) < 4.78 is 0. The van der Waals surface area contributed by atoms with Crippen molar-refractivity contribution in [1.29, 1.82) is 0 Å². The maximum absolute atomic E-state index is 11.9. The number of nitrogens with one attached hydrogen (secondary N) is 1. The molecule has 2 rings (SSSR count). The van der Waals surface area contributed by atoms with Crippen LogP contribution in [0.4, 0.5) is 0 Å². The van der Waals surface area contributed by atoms with Crippen molar-refractivity contribution in [1.82, 2.24) is 10.2 Å². The molecule has 1 aliphatic rings. The number of hydrogen-bond donors (Lipinski definition) is 1. The summed E-state index contributed by atoms with van der Waals surface area (Å²) in [6.45, 7) is 5.70. The molecule has 0 spiro atoms. The molecular formula is C14H22N2OS. The third-order valence-corrected chi connectivity index (χ3v) is 4.76. The van der Waals surface area contributed by atoms with Gasteiger partial charge in [0.15, 0.2) is 0 Å². The highest BCUT2D eigenvalue weighted by Crippen LogP contribution is 2.27. The van der Waals surface area contributed by atoms with Crippen LogP contribution in [-0.4, -0.2) is 37.0 Å². The molecule has 0 radical (unpaired) electrons. The van der Waals surface area contributed by atoms with Gasteiger partial charge in [0.05, 0.1) is 6.54 Å². The van der Waals surface area contributed by atoms with E-state index >= 15 is 0 Å². The van der Waals surface area contributed by atoms with E-state index in [1.807, 2.05) is 11.9 Å². The second kappa shape index (κ2) is 5.41. The van der Waals surface area contributed by atoms with E-state index in [1.54, 1.807) is 11.3 Å². The zero-order valence-corrected chi connectivity index (χ0v) is 12.2. The molecule has 1 amide bonds. The van der Waals surface area contributed by atoms with Crippen molar-refractivity contribution in [2.75, 3.05) is 20.1 Å². The lowest BCUT2D eigenvalue weighted by atomic mass is 9.91. The molecule has 0 aliphatic heterocycles. The van der Waals surface area contributed by atoms with Gasteiger partial charge in [-0.2, -0.15) is 0 Å². The minimum absolute atomic E-state index is 0.0899. The third kappa shape index (κ3) is 3.33. The predicted molar refractivity (Wildman–Crippen MR) is 76.0 cm³/mol. The van der Waals surface area contributed by atoms with Crippen molar-refractivity contribution in [3.8, 4) is 0 Å². The summed E-state index contributed by atoms with van der Waals surface area (Å²) in [5.74, 6) is 0.208. The van der Waals surface area contributed by atoms with Gasteiger partial charge in [0.25, 0.3) is 0 Å². The van der Waals surface area contributed by atoms with Crippen LogP contribution in [0.3, 0.4) is 0 Å². The quantitative estimate of drug-likeness (QED) is 0.856. The highest BCUT2D eigenvalue weighted by atomic mass is 32.1. The molecule has 0 bridgehead atoms. The third-order valence-electron chi connectivity index (χ3n) is 3.52. The summed E-state index contributed by atoms with van der Waals surface area (Å²) in [5, 5.41) is 5.39. The standard InChI is InChI=1S/C14H22N2OS/c1-14(2,12-5-4-8-18-12)10-15-9-13(17)16(3)11-6-7-11/h4-5,8,11,15H,6-7,9-10H2,1-3H3. The van der Waals surface area contributed by atoms with E-state index in [9.17, 15) is 4.79 Å². The number of nitrogens with zero attached hydrogens (tertiary/aromatic N) is 1. The van der Waals surface area contributed by atoms with Crippen molar-refractivity contribution >= 4 is 17.2 Å². The molecule has 1 N–H and O–H groups in total. The van der Waals surface area contributed by atoms with Crippen LogP contribution in [0.5, 0.6) is 0 Å². The van der Waals surface area contributed by atoms with Crippen LogP contribution >= 0.6 is 11.3 Å². The monoisotopic (exact) mass is 266 g/mol. The van der Waals surface area contributed by atoms with Gasteiger partial charge in [-0.3, -0.25) is 4.79 Å². The molecule has 18 heavy (non-hydrogen) atoms. The molecule has 1 fully saturated rings. The normalized spacial score (nSPS) is 15.7.